The van der Waals surface area contributed by atoms with Crippen molar-refractivity contribution in [2.24, 2.45) is 5.92 Å². The highest BCUT2D eigenvalue weighted by molar-refractivity contribution is 6.22. The van der Waals surface area contributed by atoms with E-state index in [0.717, 1.165) is 12.0 Å². The van der Waals surface area contributed by atoms with Crippen LogP contribution in [-0.4, -0.2) is 36.8 Å². The fourth-order valence-corrected chi connectivity index (χ4v) is 2.97. The molecule has 0 N–H and O–H groups in total. The lowest BCUT2D eigenvalue weighted by Gasteiger charge is -2.17. The third-order valence-corrected chi connectivity index (χ3v) is 5.20. The molecule has 0 saturated carbocycles. The molecule has 29 heavy (non-hydrogen) atoms. The van der Waals surface area contributed by atoms with Crippen LogP contribution in [-0.2, 0) is 25.7 Å². The Hall–Kier alpha value is -1.75. The minimum atomic E-state index is -0.398. The number of carbonyl (C=O) groups is 2. The van der Waals surface area contributed by atoms with Gasteiger partial charge in [-0.15, -0.1) is 18.2 Å². The van der Waals surface area contributed by atoms with Crippen molar-refractivity contribution in [3.63, 3.8) is 0 Å². The molecule has 1 rings (SSSR count). The molecular weight excluding hydrogens is 388 g/mol. The zero-order valence-electron chi connectivity index (χ0n) is 17.5. The summed E-state index contributed by atoms with van der Waals surface area (Å²) in [4.78, 5) is 24.3. The van der Waals surface area contributed by atoms with E-state index in [-0.39, 0.29) is 30.0 Å². The van der Waals surface area contributed by atoms with Gasteiger partial charge in [0.15, 0.2) is 0 Å². The molecule has 0 radical (unpaired) electrons. The first kappa shape index (κ1) is 25.3. The van der Waals surface area contributed by atoms with Crippen LogP contribution >= 0.6 is 11.6 Å². The summed E-state index contributed by atoms with van der Waals surface area (Å²) >= 11 is 6.06. The molecule has 0 unspecified atom stereocenters. The summed E-state index contributed by atoms with van der Waals surface area (Å²) in [5.74, 6) is 0.0455. The maximum absolute atomic E-state index is 12.2. The quantitative estimate of drug-likeness (QED) is 0.207. The molecular formula is C24H33ClO4. The van der Waals surface area contributed by atoms with Crippen LogP contribution in [0.2, 0.25) is 0 Å². The molecule has 3 atom stereocenters. The van der Waals surface area contributed by atoms with E-state index in [9.17, 15) is 9.59 Å². The summed E-state index contributed by atoms with van der Waals surface area (Å²) < 4.78 is 10.8. The first-order valence-corrected chi connectivity index (χ1v) is 10.5. The number of allylic oxidation sites excluding steroid dienone is 1. The van der Waals surface area contributed by atoms with Crippen molar-refractivity contribution in [1.82, 2.24) is 0 Å². The number of benzene rings is 1. The average Bonchev–Trinajstić information content (AvgIpc) is 2.75. The molecule has 1 aromatic carbocycles. The topological polar surface area (TPSA) is 52.6 Å². The number of carbonyl (C=O) groups excluding carboxylic acids is 2. The maximum Gasteiger partial charge on any atom is 0.139 e. The predicted molar refractivity (Wildman–Crippen MR) is 118 cm³/mol. The Morgan fingerprint density at radius 2 is 1.93 bits per heavy atom. The molecule has 0 aliphatic rings. The number of ether oxygens (including phenoxy) is 2. The van der Waals surface area contributed by atoms with Gasteiger partial charge in [0.25, 0.3) is 0 Å². The molecule has 0 saturated heterocycles. The summed E-state index contributed by atoms with van der Waals surface area (Å²) in [5.41, 5.74) is 1.15. The van der Waals surface area contributed by atoms with Crippen molar-refractivity contribution in [3.05, 3.63) is 60.7 Å². The molecule has 0 aliphatic heterocycles. The van der Waals surface area contributed by atoms with Gasteiger partial charge in [-0.2, -0.15) is 0 Å². The van der Waals surface area contributed by atoms with Crippen molar-refractivity contribution in [2.45, 2.75) is 57.1 Å². The first-order chi connectivity index (χ1) is 14.0. The predicted octanol–water partition coefficient (Wildman–Crippen LogP) is 5.29. The van der Waals surface area contributed by atoms with E-state index in [2.05, 4.69) is 6.58 Å². The van der Waals surface area contributed by atoms with Gasteiger partial charge >= 0.3 is 0 Å². The van der Waals surface area contributed by atoms with E-state index in [1.54, 1.807) is 6.08 Å². The van der Waals surface area contributed by atoms with Crippen LogP contribution in [0.15, 0.2) is 55.1 Å². The first-order valence-electron chi connectivity index (χ1n) is 10.1. The lowest BCUT2D eigenvalue weighted by molar-refractivity contribution is -0.123. The largest absolute Gasteiger partial charge is 0.379 e. The molecule has 5 heteroatoms. The summed E-state index contributed by atoms with van der Waals surface area (Å²) in [7, 11) is 1.53. The van der Waals surface area contributed by atoms with Gasteiger partial charge < -0.3 is 9.47 Å². The second-order valence-corrected chi connectivity index (χ2v) is 7.61. The number of hydrogen-bond acceptors (Lipinski definition) is 4. The van der Waals surface area contributed by atoms with Gasteiger partial charge in [-0.05, 0) is 18.4 Å². The van der Waals surface area contributed by atoms with E-state index < -0.39 is 5.38 Å². The number of hydrogen-bond donors (Lipinski definition) is 0. The molecule has 0 bridgehead atoms. The Morgan fingerprint density at radius 1 is 1.21 bits per heavy atom. The number of alkyl halides is 1. The van der Waals surface area contributed by atoms with Gasteiger partial charge in [0.05, 0.1) is 24.7 Å². The molecule has 0 fully saturated rings. The van der Waals surface area contributed by atoms with E-state index in [1.807, 2.05) is 49.4 Å². The van der Waals surface area contributed by atoms with Crippen LogP contribution in [0, 0.1) is 5.92 Å². The van der Waals surface area contributed by atoms with Crippen LogP contribution in [0.3, 0.4) is 0 Å². The molecule has 0 spiro atoms. The fraction of sp³-hybridized carbons (Fsp3) is 0.500. The Labute approximate surface area is 179 Å². The van der Waals surface area contributed by atoms with Gasteiger partial charge in [0, 0.05) is 32.3 Å². The smallest absolute Gasteiger partial charge is 0.139 e. The molecule has 0 amide bonds. The Morgan fingerprint density at radius 3 is 2.59 bits per heavy atom. The maximum atomic E-state index is 12.2. The Balaban J connectivity index is 2.17. The van der Waals surface area contributed by atoms with Gasteiger partial charge in [-0.1, -0.05) is 55.5 Å². The average molecular weight is 421 g/mol. The molecule has 160 valence electrons. The number of methoxy groups -OCH3 is 1. The van der Waals surface area contributed by atoms with E-state index in [1.165, 1.54) is 7.11 Å². The molecule has 0 heterocycles. The summed E-state index contributed by atoms with van der Waals surface area (Å²) in [5, 5.41) is -0.398. The van der Waals surface area contributed by atoms with Gasteiger partial charge in [0.1, 0.15) is 11.6 Å². The minimum absolute atomic E-state index is 0.0510. The van der Waals surface area contributed by atoms with Crippen molar-refractivity contribution < 1.29 is 19.1 Å². The highest BCUT2D eigenvalue weighted by atomic mass is 35.5. The van der Waals surface area contributed by atoms with E-state index >= 15 is 0 Å². The standard InChI is InChI=1S/C24H33ClO4/c1-4-22(25)24(28-3)17-21(26)15-14-19(2)23(27)13-9-6-10-16-29-18-20-11-7-5-8-12-20/h4-9,11-12,19,22,24H,1,10,13-18H2,2-3H3/b9-6+/t19-,22+,24+/m0/s1. The van der Waals surface area contributed by atoms with Gasteiger partial charge in [0.2, 0.25) is 0 Å². The van der Waals surface area contributed by atoms with Gasteiger partial charge in [-0.25, -0.2) is 0 Å². The number of halogens is 1. The third kappa shape index (κ3) is 11.1. The lowest BCUT2D eigenvalue weighted by atomic mass is 9.95. The van der Waals surface area contributed by atoms with Gasteiger partial charge in [-0.3, -0.25) is 9.59 Å². The number of ketones is 2. The fourth-order valence-electron chi connectivity index (χ4n) is 2.78. The normalized spacial score (nSPS) is 14.4. The zero-order valence-corrected chi connectivity index (χ0v) is 18.3. The highest BCUT2D eigenvalue weighted by Crippen LogP contribution is 2.16. The molecule has 4 nitrogen and oxygen atoms in total. The van der Waals surface area contributed by atoms with Crippen LogP contribution in [0.25, 0.3) is 0 Å². The van der Waals surface area contributed by atoms with Crippen molar-refractivity contribution in [1.29, 1.82) is 0 Å². The van der Waals surface area contributed by atoms with Crippen LogP contribution in [0.5, 0.6) is 0 Å². The Kier molecular flexibility index (Phi) is 13.2. The number of rotatable bonds is 16. The SMILES string of the molecule is C=C[C@@H](Cl)[C@@H](CC(=O)CC[C@H](C)C(=O)C/C=C/CCOCc1ccccc1)OC. The van der Waals surface area contributed by atoms with Crippen LogP contribution in [0.1, 0.15) is 44.6 Å². The highest BCUT2D eigenvalue weighted by Gasteiger charge is 2.20. The number of Topliss-reactive ketones (excluding diaryl/α,β-unsaturated/α-hetero) is 2. The zero-order chi connectivity index (χ0) is 21.5. The van der Waals surface area contributed by atoms with Crippen molar-refractivity contribution in [2.75, 3.05) is 13.7 Å². The summed E-state index contributed by atoms with van der Waals surface area (Å²) in [6.07, 6.45) is 7.33. The minimum Gasteiger partial charge on any atom is -0.379 e. The monoisotopic (exact) mass is 420 g/mol. The molecule has 0 aromatic heterocycles. The van der Waals surface area contributed by atoms with E-state index in [4.69, 9.17) is 21.1 Å². The summed E-state index contributed by atoms with van der Waals surface area (Å²) in [6.45, 7) is 6.71. The summed E-state index contributed by atoms with van der Waals surface area (Å²) in [6, 6.07) is 10.0. The van der Waals surface area contributed by atoms with Crippen LogP contribution in [0.4, 0.5) is 0 Å². The Bertz CT molecular complexity index is 642. The lowest BCUT2D eigenvalue weighted by Crippen LogP contribution is -2.25. The second-order valence-electron chi connectivity index (χ2n) is 7.11. The molecule has 1 aromatic rings. The van der Waals surface area contributed by atoms with Crippen molar-refractivity contribution in [3.8, 4) is 0 Å². The van der Waals surface area contributed by atoms with E-state index in [0.29, 0.717) is 32.5 Å². The third-order valence-electron chi connectivity index (χ3n) is 4.74. The van der Waals surface area contributed by atoms with Crippen LogP contribution < -0.4 is 0 Å². The second kappa shape index (κ2) is 15.1. The molecule has 0 aliphatic carbocycles. The van der Waals surface area contributed by atoms with Crippen molar-refractivity contribution >= 4 is 23.2 Å².